The summed E-state index contributed by atoms with van der Waals surface area (Å²) in [5.41, 5.74) is 0.895. The first-order chi connectivity index (χ1) is 8.04. The summed E-state index contributed by atoms with van der Waals surface area (Å²) in [6, 6.07) is 7.65. The zero-order valence-corrected chi connectivity index (χ0v) is 11.3. The highest BCUT2D eigenvalue weighted by atomic mass is 32.2. The smallest absolute Gasteiger partial charge is 0.232 e. The van der Waals surface area contributed by atoms with E-state index in [1.165, 1.54) is 11.8 Å². The van der Waals surface area contributed by atoms with Crippen molar-refractivity contribution in [1.29, 1.82) is 0 Å². The molecule has 0 bridgehead atoms. The minimum atomic E-state index is -0.443. The van der Waals surface area contributed by atoms with Crippen molar-refractivity contribution in [2.24, 2.45) is 0 Å². The Kier molecular flexibility index (Phi) is 5.51. The maximum Gasteiger partial charge on any atom is 0.232 e. The van der Waals surface area contributed by atoms with Crippen LogP contribution in [0.5, 0.6) is 0 Å². The fraction of sp³-hybridized carbons (Fsp3) is 0.462. The molecule has 0 radical (unpaired) electrons. The molecule has 0 saturated heterocycles. The Hall–Kier alpha value is -1.00. The summed E-state index contributed by atoms with van der Waals surface area (Å²) >= 11 is 1.52. The molecule has 0 aromatic heterocycles. The van der Waals surface area contributed by atoms with Crippen molar-refractivity contribution in [2.75, 3.05) is 19.3 Å². The molecule has 0 heterocycles. The average Bonchev–Trinajstić information content (AvgIpc) is 2.35. The highest BCUT2D eigenvalue weighted by Crippen LogP contribution is 2.21. The number of benzene rings is 1. The molecular weight excluding hydrogens is 234 g/mol. The molecule has 0 saturated carbocycles. The predicted octanol–water partition coefficient (Wildman–Crippen LogP) is 2.31. The summed E-state index contributed by atoms with van der Waals surface area (Å²) < 4.78 is 0. The Morgan fingerprint density at radius 1 is 1.41 bits per heavy atom. The lowest BCUT2D eigenvalue weighted by atomic mass is 10.1. The predicted molar refractivity (Wildman–Crippen MR) is 71.1 cm³/mol. The van der Waals surface area contributed by atoms with Gasteiger partial charge in [-0.15, -0.1) is 11.8 Å². The molecule has 94 valence electrons. The Labute approximate surface area is 107 Å². The number of aliphatic hydroxyl groups is 1. The Morgan fingerprint density at radius 2 is 2.00 bits per heavy atom. The van der Waals surface area contributed by atoms with Gasteiger partial charge in [-0.05, 0) is 31.5 Å². The quantitative estimate of drug-likeness (QED) is 0.819. The molecule has 3 nitrogen and oxygen atoms in total. The maximum atomic E-state index is 11.6. The molecule has 1 amide bonds. The number of hydrogen-bond donors (Lipinski definition) is 1. The van der Waals surface area contributed by atoms with Gasteiger partial charge in [0, 0.05) is 18.5 Å². The number of rotatable bonds is 5. The standard InChI is InChI=1S/C13H19NO2S/c1-4-14(3)13(16)9-17-12-7-5-11(6-8-12)10(2)15/h5-8,10,15H,4,9H2,1-3H3/t10-/m1/s1. The lowest BCUT2D eigenvalue weighted by molar-refractivity contribution is -0.126. The molecule has 1 N–H and O–H groups in total. The Balaban J connectivity index is 2.50. The zero-order chi connectivity index (χ0) is 12.8. The van der Waals surface area contributed by atoms with E-state index in [-0.39, 0.29) is 5.91 Å². The minimum Gasteiger partial charge on any atom is -0.389 e. The van der Waals surface area contributed by atoms with Crippen LogP contribution in [0, 0.1) is 0 Å². The number of nitrogens with zero attached hydrogens (tertiary/aromatic N) is 1. The van der Waals surface area contributed by atoms with Gasteiger partial charge >= 0.3 is 0 Å². The fourth-order valence-corrected chi connectivity index (χ4v) is 2.11. The second kappa shape index (κ2) is 6.67. The van der Waals surface area contributed by atoms with E-state index in [1.807, 2.05) is 31.2 Å². The maximum absolute atomic E-state index is 11.6. The van der Waals surface area contributed by atoms with Gasteiger partial charge in [0.2, 0.25) is 5.91 Å². The molecule has 1 aromatic carbocycles. The Bertz CT molecular complexity index is 362. The van der Waals surface area contributed by atoms with E-state index in [4.69, 9.17) is 0 Å². The highest BCUT2D eigenvalue weighted by Gasteiger charge is 2.07. The summed E-state index contributed by atoms with van der Waals surface area (Å²) in [4.78, 5) is 14.3. The van der Waals surface area contributed by atoms with Gasteiger partial charge in [0.05, 0.1) is 11.9 Å². The first-order valence-corrected chi connectivity index (χ1v) is 6.68. The summed E-state index contributed by atoms with van der Waals surface area (Å²) in [7, 11) is 1.80. The largest absolute Gasteiger partial charge is 0.389 e. The lowest BCUT2D eigenvalue weighted by Gasteiger charge is -2.14. The number of carbonyl (C=O) groups is 1. The van der Waals surface area contributed by atoms with Crippen LogP contribution >= 0.6 is 11.8 Å². The fourth-order valence-electron chi connectivity index (χ4n) is 1.27. The molecule has 0 fully saturated rings. The number of thioether (sulfide) groups is 1. The topological polar surface area (TPSA) is 40.5 Å². The van der Waals surface area contributed by atoms with E-state index >= 15 is 0 Å². The molecule has 0 aliphatic carbocycles. The van der Waals surface area contributed by atoms with Crippen LogP contribution in [0.25, 0.3) is 0 Å². The van der Waals surface area contributed by atoms with Crippen molar-refractivity contribution in [3.63, 3.8) is 0 Å². The molecule has 4 heteroatoms. The first-order valence-electron chi connectivity index (χ1n) is 5.69. The monoisotopic (exact) mass is 253 g/mol. The van der Waals surface area contributed by atoms with Gasteiger partial charge in [-0.25, -0.2) is 0 Å². The normalized spacial score (nSPS) is 12.2. The molecule has 0 spiro atoms. The first kappa shape index (κ1) is 14.1. The molecular formula is C13H19NO2S. The van der Waals surface area contributed by atoms with Crippen molar-refractivity contribution in [2.45, 2.75) is 24.8 Å². The SMILES string of the molecule is CCN(C)C(=O)CSc1ccc([C@@H](C)O)cc1. The molecule has 0 unspecified atom stereocenters. The van der Waals surface area contributed by atoms with E-state index < -0.39 is 6.10 Å². The van der Waals surface area contributed by atoms with E-state index in [9.17, 15) is 9.90 Å². The third-order valence-corrected chi connectivity index (χ3v) is 3.62. The van der Waals surface area contributed by atoms with E-state index in [0.29, 0.717) is 5.75 Å². The molecule has 0 aliphatic heterocycles. The summed E-state index contributed by atoms with van der Waals surface area (Å²) in [5, 5.41) is 9.37. The van der Waals surface area contributed by atoms with Crippen molar-refractivity contribution >= 4 is 17.7 Å². The van der Waals surface area contributed by atoms with E-state index in [2.05, 4.69) is 0 Å². The second-order valence-corrected chi connectivity index (χ2v) is 4.99. The van der Waals surface area contributed by atoms with Gasteiger partial charge in [0.1, 0.15) is 0 Å². The van der Waals surface area contributed by atoms with Crippen LogP contribution in [-0.2, 0) is 4.79 Å². The van der Waals surface area contributed by atoms with Crippen LogP contribution in [-0.4, -0.2) is 35.3 Å². The third-order valence-electron chi connectivity index (χ3n) is 2.62. The van der Waals surface area contributed by atoms with Gasteiger partial charge in [-0.2, -0.15) is 0 Å². The van der Waals surface area contributed by atoms with Gasteiger partial charge < -0.3 is 10.0 Å². The van der Waals surface area contributed by atoms with Crippen molar-refractivity contribution in [1.82, 2.24) is 4.90 Å². The van der Waals surface area contributed by atoms with Crippen LogP contribution in [0.3, 0.4) is 0 Å². The minimum absolute atomic E-state index is 0.136. The third kappa shape index (κ3) is 4.40. The number of amides is 1. The molecule has 1 rings (SSSR count). The van der Waals surface area contributed by atoms with E-state index in [0.717, 1.165) is 17.0 Å². The second-order valence-electron chi connectivity index (χ2n) is 3.94. The van der Waals surface area contributed by atoms with Crippen molar-refractivity contribution in [3.8, 4) is 0 Å². The van der Waals surface area contributed by atoms with Gasteiger partial charge in [0.25, 0.3) is 0 Å². The van der Waals surface area contributed by atoms with Crippen LogP contribution < -0.4 is 0 Å². The highest BCUT2D eigenvalue weighted by molar-refractivity contribution is 8.00. The summed E-state index contributed by atoms with van der Waals surface area (Å²) in [6.07, 6.45) is -0.443. The summed E-state index contributed by atoms with van der Waals surface area (Å²) in [5.74, 6) is 0.593. The van der Waals surface area contributed by atoms with Gasteiger partial charge in [0.15, 0.2) is 0 Å². The number of aliphatic hydroxyl groups excluding tert-OH is 1. The molecule has 0 aliphatic rings. The van der Waals surface area contributed by atoms with Crippen LogP contribution in [0.4, 0.5) is 0 Å². The Morgan fingerprint density at radius 3 is 2.47 bits per heavy atom. The van der Waals surface area contributed by atoms with Gasteiger partial charge in [-0.3, -0.25) is 4.79 Å². The summed E-state index contributed by atoms with van der Waals surface area (Å²) in [6.45, 7) is 4.43. The zero-order valence-electron chi connectivity index (χ0n) is 10.5. The molecule has 1 aromatic rings. The van der Waals surface area contributed by atoms with Crippen molar-refractivity contribution in [3.05, 3.63) is 29.8 Å². The van der Waals surface area contributed by atoms with Crippen molar-refractivity contribution < 1.29 is 9.90 Å². The number of hydrogen-bond acceptors (Lipinski definition) is 3. The lowest BCUT2D eigenvalue weighted by Crippen LogP contribution is -2.27. The van der Waals surface area contributed by atoms with Gasteiger partial charge in [-0.1, -0.05) is 12.1 Å². The van der Waals surface area contributed by atoms with Crippen LogP contribution in [0.1, 0.15) is 25.5 Å². The molecule has 1 atom stereocenters. The van der Waals surface area contributed by atoms with Crippen LogP contribution in [0.2, 0.25) is 0 Å². The number of carbonyl (C=O) groups excluding carboxylic acids is 1. The average molecular weight is 253 g/mol. The van der Waals surface area contributed by atoms with Crippen LogP contribution in [0.15, 0.2) is 29.2 Å². The molecule has 17 heavy (non-hydrogen) atoms. The van der Waals surface area contributed by atoms with E-state index in [1.54, 1.807) is 18.9 Å².